The number of para-hydroxylation sites is 1. The Morgan fingerprint density at radius 2 is 1.94 bits per heavy atom. The number of ether oxygens (including phenoxy) is 1. The standard InChI is InChI=1S/C14H21NO2S/c1-11-5-3-6-12(2)14(11)17-8-4-9-18-10-7-13(15)16/h3,5-6H,4,7-10H2,1-2H3,(H2,15,16). The molecule has 1 rings (SSSR count). The number of hydrogen-bond acceptors (Lipinski definition) is 3. The van der Waals surface area contributed by atoms with Crippen molar-refractivity contribution < 1.29 is 9.53 Å². The van der Waals surface area contributed by atoms with E-state index < -0.39 is 0 Å². The lowest BCUT2D eigenvalue weighted by Crippen LogP contribution is -2.11. The molecule has 18 heavy (non-hydrogen) atoms. The molecule has 0 saturated heterocycles. The van der Waals surface area contributed by atoms with Gasteiger partial charge in [-0.05, 0) is 37.1 Å². The zero-order valence-corrected chi connectivity index (χ0v) is 11.9. The molecule has 1 amide bonds. The van der Waals surface area contributed by atoms with Gasteiger partial charge in [0.2, 0.25) is 5.91 Å². The fourth-order valence-electron chi connectivity index (χ4n) is 1.64. The number of amides is 1. The summed E-state index contributed by atoms with van der Waals surface area (Å²) in [6, 6.07) is 6.16. The average Bonchev–Trinajstić information content (AvgIpc) is 2.30. The molecule has 0 fully saturated rings. The van der Waals surface area contributed by atoms with Gasteiger partial charge in [-0.25, -0.2) is 0 Å². The predicted octanol–water partition coefficient (Wildman–Crippen LogP) is 2.68. The second-order valence-corrected chi connectivity index (χ2v) is 5.48. The number of rotatable bonds is 8. The van der Waals surface area contributed by atoms with Crippen molar-refractivity contribution in [2.45, 2.75) is 26.7 Å². The molecule has 0 heterocycles. The Labute approximate surface area is 113 Å². The molecule has 0 radical (unpaired) electrons. The van der Waals surface area contributed by atoms with Crippen LogP contribution in [0.5, 0.6) is 5.75 Å². The Bertz CT molecular complexity index is 373. The minimum atomic E-state index is -0.228. The van der Waals surface area contributed by atoms with E-state index >= 15 is 0 Å². The molecular weight excluding hydrogens is 246 g/mol. The van der Waals surface area contributed by atoms with E-state index in [2.05, 4.69) is 26.0 Å². The minimum absolute atomic E-state index is 0.228. The van der Waals surface area contributed by atoms with Gasteiger partial charge in [0, 0.05) is 12.2 Å². The van der Waals surface area contributed by atoms with E-state index in [4.69, 9.17) is 10.5 Å². The molecule has 1 aromatic rings. The highest BCUT2D eigenvalue weighted by Gasteiger charge is 2.02. The van der Waals surface area contributed by atoms with Gasteiger partial charge in [0.15, 0.2) is 0 Å². The largest absolute Gasteiger partial charge is 0.493 e. The SMILES string of the molecule is Cc1cccc(C)c1OCCCSCCC(N)=O. The number of thioether (sulfide) groups is 1. The second kappa shape index (κ2) is 8.03. The minimum Gasteiger partial charge on any atom is -0.493 e. The van der Waals surface area contributed by atoms with Crippen molar-refractivity contribution in [2.24, 2.45) is 5.73 Å². The normalized spacial score (nSPS) is 10.3. The lowest BCUT2D eigenvalue weighted by molar-refractivity contribution is -0.117. The number of aryl methyl sites for hydroxylation is 2. The molecule has 4 heteroatoms. The molecule has 1 aromatic carbocycles. The smallest absolute Gasteiger partial charge is 0.218 e. The quantitative estimate of drug-likeness (QED) is 0.737. The van der Waals surface area contributed by atoms with Crippen molar-refractivity contribution in [3.8, 4) is 5.75 Å². The first kappa shape index (κ1) is 14.9. The molecule has 0 spiro atoms. The fraction of sp³-hybridized carbons (Fsp3) is 0.500. The van der Waals surface area contributed by atoms with Gasteiger partial charge in [0.05, 0.1) is 6.61 Å². The van der Waals surface area contributed by atoms with Crippen LogP contribution in [0.4, 0.5) is 0 Å². The highest BCUT2D eigenvalue weighted by atomic mass is 32.2. The summed E-state index contributed by atoms with van der Waals surface area (Å²) in [6.07, 6.45) is 1.44. The van der Waals surface area contributed by atoms with Gasteiger partial charge in [-0.1, -0.05) is 18.2 Å². The van der Waals surface area contributed by atoms with Gasteiger partial charge in [-0.3, -0.25) is 4.79 Å². The first-order chi connectivity index (χ1) is 8.61. The van der Waals surface area contributed by atoms with Crippen LogP contribution in [0.1, 0.15) is 24.0 Å². The number of nitrogens with two attached hydrogens (primary N) is 1. The molecule has 0 aromatic heterocycles. The summed E-state index contributed by atoms with van der Waals surface area (Å²) >= 11 is 1.74. The van der Waals surface area contributed by atoms with Crippen LogP contribution < -0.4 is 10.5 Å². The van der Waals surface area contributed by atoms with Crippen molar-refractivity contribution in [3.63, 3.8) is 0 Å². The molecule has 100 valence electrons. The molecule has 0 atom stereocenters. The summed E-state index contributed by atoms with van der Waals surface area (Å²) in [5.41, 5.74) is 7.42. The number of carbonyl (C=O) groups excluding carboxylic acids is 1. The number of carbonyl (C=O) groups is 1. The van der Waals surface area contributed by atoms with Crippen LogP contribution in [0.25, 0.3) is 0 Å². The van der Waals surface area contributed by atoms with E-state index in [0.717, 1.165) is 30.3 Å². The van der Waals surface area contributed by atoms with Crippen LogP contribution in [-0.2, 0) is 4.79 Å². The van der Waals surface area contributed by atoms with Crippen molar-refractivity contribution in [1.29, 1.82) is 0 Å². The van der Waals surface area contributed by atoms with Crippen LogP contribution in [0.2, 0.25) is 0 Å². The van der Waals surface area contributed by atoms with Crippen LogP contribution in [0.3, 0.4) is 0 Å². The van der Waals surface area contributed by atoms with E-state index in [1.54, 1.807) is 11.8 Å². The van der Waals surface area contributed by atoms with Gasteiger partial charge in [0.1, 0.15) is 5.75 Å². The first-order valence-corrected chi connectivity index (χ1v) is 7.32. The van der Waals surface area contributed by atoms with Gasteiger partial charge in [-0.2, -0.15) is 11.8 Å². The highest BCUT2D eigenvalue weighted by Crippen LogP contribution is 2.22. The molecule has 0 bridgehead atoms. The van der Waals surface area contributed by atoms with Crippen molar-refractivity contribution in [1.82, 2.24) is 0 Å². The van der Waals surface area contributed by atoms with Crippen molar-refractivity contribution >= 4 is 17.7 Å². The van der Waals surface area contributed by atoms with E-state index in [0.29, 0.717) is 6.42 Å². The van der Waals surface area contributed by atoms with Gasteiger partial charge >= 0.3 is 0 Å². The highest BCUT2D eigenvalue weighted by molar-refractivity contribution is 7.99. The third-order valence-corrected chi connectivity index (χ3v) is 3.65. The topological polar surface area (TPSA) is 52.3 Å². The first-order valence-electron chi connectivity index (χ1n) is 6.16. The molecule has 0 aliphatic rings. The third-order valence-electron chi connectivity index (χ3n) is 2.58. The maximum Gasteiger partial charge on any atom is 0.218 e. The average molecular weight is 267 g/mol. The van der Waals surface area contributed by atoms with E-state index in [-0.39, 0.29) is 5.91 Å². The molecule has 0 aliphatic heterocycles. The molecular formula is C14H21NO2S. The van der Waals surface area contributed by atoms with Crippen LogP contribution in [0, 0.1) is 13.8 Å². The van der Waals surface area contributed by atoms with Crippen LogP contribution in [-0.4, -0.2) is 24.0 Å². The Morgan fingerprint density at radius 1 is 1.28 bits per heavy atom. The summed E-state index contributed by atoms with van der Waals surface area (Å²) in [6.45, 7) is 4.84. The summed E-state index contributed by atoms with van der Waals surface area (Å²) in [7, 11) is 0. The van der Waals surface area contributed by atoms with Crippen LogP contribution >= 0.6 is 11.8 Å². The zero-order valence-electron chi connectivity index (χ0n) is 11.1. The summed E-state index contributed by atoms with van der Waals surface area (Å²) < 4.78 is 5.79. The molecule has 2 N–H and O–H groups in total. The Morgan fingerprint density at radius 3 is 2.56 bits per heavy atom. The maximum atomic E-state index is 10.5. The summed E-state index contributed by atoms with van der Waals surface area (Å²) in [4.78, 5) is 10.5. The molecule has 0 saturated carbocycles. The van der Waals surface area contributed by atoms with Crippen LogP contribution in [0.15, 0.2) is 18.2 Å². The van der Waals surface area contributed by atoms with E-state index in [1.165, 1.54) is 11.1 Å². The third kappa shape index (κ3) is 5.45. The number of primary amides is 1. The lowest BCUT2D eigenvalue weighted by Gasteiger charge is -2.11. The second-order valence-electron chi connectivity index (χ2n) is 4.25. The van der Waals surface area contributed by atoms with Gasteiger partial charge < -0.3 is 10.5 Å². The van der Waals surface area contributed by atoms with E-state index in [1.807, 2.05) is 6.07 Å². The maximum absolute atomic E-state index is 10.5. The molecule has 0 aliphatic carbocycles. The molecule has 3 nitrogen and oxygen atoms in total. The Balaban J connectivity index is 2.16. The van der Waals surface area contributed by atoms with Crippen molar-refractivity contribution in [3.05, 3.63) is 29.3 Å². The summed E-state index contributed by atoms with van der Waals surface area (Å²) in [5.74, 6) is 2.57. The zero-order chi connectivity index (χ0) is 13.4. The lowest BCUT2D eigenvalue weighted by atomic mass is 10.1. The van der Waals surface area contributed by atoms with E-state index in [9.17, 15) is 4.79 Å². The predicted molar refractivity (Wildman–Crippen MR) is 77.2 cm³/mol. The number of benzene rings is 1. The van der Waals surface area contributed by atoms with Gasteiger partial charge in [-0.15, -0.1) is 0 Å². The number of hydrogen-bond donors (Lipinski definition) is 1. The Hall–Kier alpha value is -1.16. The Kier molecular flexibility index (Phi) is 6.65. The fourth-order valence-corrected chi connectivity index (χ4v) is 2.51. The monoisotopic (exact) mass is 267 g/mol. The molecule has 0 unspecified atom stereocenters. The van der Waals surface area contributed by atoms with Crippen molar-refractivity contribution in [2.75, 3.05) is 18.1 Å². The van der Waals surface area contributed by atoms with Gasteiger partial charge in [0.25, 0.3) is 0 Å². The summed E-state index contributed by atoms with van der Waals surface area (Å²) in [5, 5.41) is 0.